The van der Waals surface area contributed by atoms with Crippen molar-refractivity contribution in [1.29, 1.82) is 0 Å². The zero-order chi connectivity index (χ0) is 22.9. The van der Waals surface area contributed by atoms with Crippen molar-refractivity contribution in [3.63, 3.8) is 0 Å². The number of aryl methyl sites for hydroxylation is 1. The maximum atomic E-state index is 6.82. The van der Waals surface area contributed by atoms with E-state index in [1.807, 2.05) is 0 Å². The molecule has 5 aromatic carbocycles. The average Bonchev–Trinajstić information content (AvgIpc) is 3.29. The summed E-state index contributed by atoms with van der Waals surface area (Å²) in [5.74, 6) is 1.82. The molecule has 6 aromatic rings. The monoisotopic (exact) mass is 436 g/mol. The van der Waals surface area contributed by atoms with Gasteiger partial charge in [0.25, 0.3) is 0 Å². The standard InChI is InChI=1S/C33H24O/c1-23-20-21-27(25-14-6-3-7-15-25)31(22-23)33-30-19-11-10-18-29(30)32(34-33)28-17-9-8-16-26(28)24-12-4-2-5-13-24/h2-22H,1H3. The van der Waals surface area contributed by atoms with E-state index >= 15 is 0 Å². The molecule has 0 atom stereocenters. The average molecular weight is 437 g/mol. The van der Waals surface area contributed by atoms with E-state index in [9.17, 15) is 0 Å². The van der Waals surface area contributed by atoms with Gasteiger partial charge in [0.1, 0.15) is 11.5 Å². The van der Waals surface area contributed by atoms with Gasteiger partial charge < -0.3 is 4.42 Å². The minimum atomic E-state index is 0.908. The predicted molar refractivity (Wildman–Crippen MR) is 143 cm³/mol. The van der Waals surface area contributed by atoms with Crippen molar-refractivity contribution in [2.75, 3.05) is 0 Å². The van der Waals surface area contributed by atoms with Crippen molar-refractivity contribution in [2.24, 2.45) is 0 Å². The number of hydrogen-bond donors (Lipinski definition) is 0. The van der Waals surface area contributed by atoms with E-state index in [-0.39, 0.29) is 0 Å². The highest BCUT2D eigenvalue weighted by Gasteiger charge is 2.20. The summed E-state index contributed by atoms with van der Waals surface area (Å²) < 4.78 is 6.82. The van der Waals surface area contributed by atoms with Gasteiger partial charge in [-0.15, -0.1) is 0 Å². The van der Waals surface area contributed by atoms with Crippen LogP contribution in [0, 0.1) is 6.92 Å². The summed E-state index contributed by atoms with van der Waals surface area (Å²) in [5, 5.41) is 2.25. The second-order valence-corrected chi connectivity index (χ2v) is 8.63. The fourth-order valence-electron chi connectivity index (χ4n) is 4.76. The van der Waals surface area contributed by atoms with E-state index in [0.29, 0.717) is 0 Å². The van der Waals surface area contributed by atoms with Crippen LogP contribution in [0.4, 0.5) is 0 Å². The first-order valence-electron chi connectivity index (χ1n) is 11.6. The summed E-state index contributed by atoms with van der Waals surface area (Å²) in [6.07, 6.45) is 0. The van der Waals surface area contributed by atoms with Crippen LogP contribution in [0.25, 0.3) is 55.7 Å². The molecule has 0 aliphatic carbocycles. The normalized spacial score (nSPS) is 11.1. The van der Waals surface area contributed by atoms with E-state index in [1.165, 1.54) is 27.8 Å². The molecule has 0 saturated heterocycles. The van der Waals surface area contributed by atoms with E-state index < -0.39 is 0 Å². The van der Waals surface area contributed by atoms with Gasteiger partial charge in [-0.3, -0.25) is 0 Å². The molecule has 0 bridgehead atoms. The summed E-state index contributed by atoms with van der Waals surface area (Å²) in [7, 11) is 0. The summed E-state index contributed by atoms with van der Waals surface area (Å²) in [6, 6.07) is 44.7. The van der Waals surface area contributed by atoms with Crippen LogP contribution in [0.5, 0.6) is 0 Å². The number of benzene rings is 5. The van der Waals surface area contributed by atoms with Gasteiger partial charge in [-0.1, -0.05) is 127 Å². The summed E-state index contributed by atoms with van der Waals surface area (Å²) in [5.41, 5.74) is 8.14. The second kappa shape index (κ2) is 8.53. The lowest BCUT2D eigenvalue weighted by Gasteiger charge is -2.10. The van der Waals surface area contributed by atoms with Gasteiger partial charge in [0.15, 0.2) is 0 Å². The molecule has 0 amide bonds. The molecule has 162 valence electrons. The minimum absolute atomic E-state index is 0.908. The van der Waals surface area contributed by atoms with Gasteiger partial charge in [0.05, 0.1) is 0 Å². The Morgan fingerprint density at radius 3 is 1.50 bits per heavy atom. The SMILES string of the molecule is Cc1ccc(-c2ccccc2)c(-c2oc(-c3ccccc3-c3ccccc3)c3ccccc23)c1. The van der Waals surface area contributed by atoms with Gasteiger partial charge in [-0.25, -0.2) is 0 Å². The lowest BCUT2D eigenvalue weighted by atomic mass is 9.94. The molecule has 1 heterocycles. The fourth-order valence-corrected chi connectivity index (χ4v) is 4.76. The molecule has 1 nitrogen and oxygen atoms in total. The summed E-state index contributed by atoms with van der Waals surface area (Å²) >= 11 is 0. The molecule has 0 saturated carbocycles. The van der Waals surface area contributed by atoms with Gasteiger partial charge >= 0.3 is 0 Å². The number of hydrogen-bond acceptors (Lipinski definition) is 1. The highest BCUT2D eigenvalue weighted by Crippen LogP contribution is 2.44. The van der Waals surface area contributed by atoms with Crippen molar-refractivity contribution < 1.29 is 4.42 Å². The zero-order valence-corrected chi connectivity index (χ0v) is 19.0. The molecule has 0 aliphatic rings. The van der Waals surface area contributed by atoms with Gasteiger partial charge in [0, 0.05) is 21.9 Å². The Hall–Kier alpha value is -4.36. The van der Waals surface area contributed by atoms with Gasteiger partial charge in [0.2, 0.25) is 0 Å². The Kier molecular flexibility index (Phi) is 5.08. The van der Waals surface area contributed by atoms with Crippen LogP contribution in [-0.4, -0.2) is 0 Å². The minimum Gasteiger partial charge on any atom is -0.455 e. The largest absolute Gasteiger partial charge is 0.455 e. The molecule has 0 fully saturated rings. The molecular formula is C33H24O. The van der Waals surface area contributed by atoms with Crippen molar-refractivity contribution in [3.05, 3.63) is 133 Å². The molecule has 0 N–H and O–H groups in total. The quantitative estimate of drug-likeness (QED) is 0.268. The van der Waals surface area contributed by atoms with Crippen LogP contribution >= 0.6 is 0 Å². The first-order chi connectivity index (χ1) is 16.8. The predicted octanol–water partition coefficient (Wildman–Crippen LogP) is 9.41. The Morgan fingerprint density at radius 2 is 0.882 bits per heavy atom. The zero-order valence-electron chi connectivity index (χ0n) is 19.0. The molecule has 34 heavy (non-hydrogen) atoms. The Morgan fingerprint density at radius 1 is 0.412 bits per heavy atom. The molecule has 1 aromatic heterocycles. The second-order valence-electron chi connectivity index (χ2n) is 8.63. The van der Waals surface area contributed by atoms with Gasteiger partial charge in [-0.05, 0) is 35.2 Å². The molecule has 0 unspecified atom stereocenters. The van der Waals surface area contributed by atoms with Crippen molar-refractivity contribution in [1.82, 2.24) is 0 Å². The van der Waals surface area contributed by atoms with E-state index in [4.69, 9.17) is 4.42 Å². The first kappa shape index (κ1) is 20.3. The van der Waals surface area contributed by atoms with Crippen LogP contribution in [0.15, 0.2) is 132 Å². The maximum Gasteiger partial charge on any atom is 0.143 e. The van der Waals surface area contributed by atoms with Crippen LogP contribution in [0.2, 0.25) is 0 Å². The Balaban J connectivity index is 1.63. The molecular weight excluding hydrogens is 412 g/mol. The highest BCUT2D eigenvalue weighted by molar-refractivity contribution is 6.06. The van der Waals surface area contributed by atoms with Crippen molar-refractivity contribution >= 4 is 10.8 Å². The molecule has 0 radical (unpaired) electrons. The van der Waals surface area contributed by atoms with E-state index in [0.717, 1.165) is 33.4 Å². The third-order valence-electron chi connectivity index (χ3n) is 6.38. The van der Waals surface area contributed by atoms with Crippen LogP contribution in [-0.2, 0) is 0 Å². The maximum absolute atomic E-state index is 6.82. The summed E-state index contributed by atoms with van der Waals surface area (Å²) in [6.45, 7) is 2.13. The molecule has 1 heteroatoms. The number of furan rings is 1. The lowest BCUT2D eigenvalue weighted by molar-refractivity contribution is 0.602. The smallest absolute Gasteiger partial charge is 0.143 e. The van der Waals surface area contributed by atoms with E-state index in [1.54, 1.807) is 0 Å². The lowest BCUT2D eigenvalue weighted by Crippen LogP contribution is -1.86. The molecule has 0 spiro atoms. The van der Waals surface area contributed by atoms with E-state index in [2.05, 4.69) is 134 Å². The third kappa shape index (κ3) is 3.52. The van der Waals surface area contributed by atoms with Crippen LogP contribution in [0.1, 0.15) is 5.56 Å². The topological polar surface area (TPSA) is 13.1 Å². The number of rotatable bonds is 4. The van der Waals surface area contributed by atoms with Crippen molar-refractivity contribution in [3.8, 4) is 44.9 Å². The highest BCUT2D eigenvalue weighted by atomic mass is 16.3. The van der Waals surface area contributed by atoms with Gasteiger partial charge in [-0.2, -0.15) is 0 Å². The fraction of sp³-hybridized carbons (Fsp3) is 0.0303. The Bertz CT molecular complexity index is 1590. The van der Waals surface area contributed by atoms with Crippen LogP contribution < -0.4 is 0 Å². The molecule has 0 aliphatic heterocycles. The first-order valence-corrected chi connectivity index (χ1v) is 11.6. The number of fused-ring (bicyclic) bond motifs is 1. The summed E-state index contributed by atoms with van der Waals surface area (Å²) in [4.78, 5) is 0. The third-order valence-corrected chi connectivity index (χ3v) is 6.38. The van der Waals surface area contributed by atoms with Crippen molar-refractivity contribution in [2.45, 2.75) is 6.92 Å². The molecule has 6 rings (SSSR count). The van der Waals surface area contributed by atoms with Crippen LogP contribution in [0.3, 0.4) is 0 Å². The Labute approximate surface area is 200 Å².